The van der Waals surface area contributed by atoms with Gasteiger partial charge in [-0.2, -0.15) is 0 Å². The lowest BCUT2D eigenvalue weighted by Gasteiger charge is -2.04. The van der Waals surface area contributed by atoms with Gasteiger partial charge in [0.15, 0.2) is 6.29 Å². The zero-order valence-electron chi connectivity index (χ0n) is 8.70. The summed E-state index contributed by atoms with van der Waals surface area (Å²) in [6.07, 6.45) is 0.514. The SMILES string of the molecule is O=C/C(=C1/SC(=O)NC1=O)c1ccc(Cl)c(Cl)c1. The van der Waals surface area contributed by atoms with Crippen molar-refractivity contribution in [2.45, 2.75) is 0 Å². The van der Waals surface area contributed by atoms with E-state index in [0.29, 0.717) is 28.6 Å². The normalized spacial score (nSPS) is 17.7. The van der Waals surface area contributed by atoms with Crippen molar-refractivity contribution in [1.29, 1.82) is 0 Å². The van der Waals surface area contributed by atoms with Crippen molar-refractivity contribution in [3.8, 4) is 0 Å². The van der Waals surface area contributed by atoms with Gasteiger partial charge in [0.1, 0.15) is 0 Å². The molecule has 1 aromatic rings. The molecule has 1 N–H and O–H groups in total. The van der Waals surface area contributed by atoms with Crippen LogP contribution < -0.4 is 5.32 Å². The van der Waals surface area contributed by atoms with Crippen LogP contribution in [0.2, 0.25) is 10.0 Å². The predicted octanol–water partition coefficient (Wildman–Crippen LogP) is 2.89. The fraction of sp³-hybridized carbons (Fsp3) is 0. The zero-order valence-corrected chi connectivity index (χ0v) is 11.0. The predicted molar refractivity (Wildman–Crippen MR) is 70.6 cm³/mol. The largest absolute Gasteiger partial charge is 0.298 e. The highest BCUT2D eigenvalue weighted by Gasteiger charge is 2.29. The average molecular weight is 302 g/mol. The van der Waals surface area contributed by atoms with Crippen LogP contribution in [-0.2, 0) is 9.59 Å². The summed E-state index contributed by atoms with van der Waals surface area (Å²) in [4.78, 5) is 33.7. The number of carbonyl (C=O) groups excluding carboxylic acids is 3. The number of benzene rings is 1. The maximum atomic E-state index is 11.5. The minimum Gasteiger partial charge on any atom is -0.298 e. The van der Waals surface area contributed by atoms with E-state index in [0.717, 1.165) is 0 Å². The Morgan fingerprint density at radius 1 is 1.22 bits per heavy atom. The first-order chi connectivity index (χ1) is 8.52. The summed E-state index contributed by atoms with van der Waals surface area (Å²) in [7, 11) is 0. The van der Waals surface area contributed by atoms with E-state index in [4.69, 9.17) is 23.2 Å². The van der Waals surface area contributed by atoms with Crippen LogP contribution in [0.3, 0.4) is 0 Å². The van der Waals surface area contributed by atoms with Crippen molar-refractivity contribution < 1.29 is 14.4 Å². The van der Waals surface area contributed by atoms with Gasteiger partial charge in [0, 0.05) is 5.57 Å². The molecule has 1 aromatic carbocycles. The van der Waals surface area contributed by atoms with Crippen LogP contribution in [0.5, 0.6) is 0 Å². The van der Waals surface area contributed by atoms with Gasteiger partial charge in [-0.3, -0.25) is 19.7 Å². The number of aldehydes is 1. The second-order valence-corrected chi connectivity index (χ2v) is 5.13. The number of allylic oxidation sites excluding steroid dienone is 1. The van der Waals surface area contributed by atoms with E-state index >= 15 is 0 Å². The van der Waals surface area contributed by atoms with E-state index in [9.17, 15) is 14.4 Å². The number of rotatable bonds is 2. The molecule has 0 atom stereocenters. The van der Waals surface area contributed by atoms with Gasteiger partial charge in [0.2, 0.25) is 0 Å². The quantitative estimate of drug-likeness (QED) is 0.674. The molecule has 18 heavy (non-hydrogen) atoms. The van der Waals surface area contributed by atoms with Gasteiger partial charge in [-0.05, 0) is 29.5 Å². The third kappa shape index (κ3) is 2.43. The summed E-state index contributed by atoms with van der Waals surface area (Å²) < 4.78 is 0. The minimum atomic E-state index is -0.585. The number of hydrogen-bond donors (Lipinski definition) is 1. The Morgan fingerprint density at radius 3 is 2.44 bits per heavy atom. The lowest BCUT2D eigenvalue weighted by Crippen LogP contribution is -2.18. The first-order valence-electron chi connectivity index (χ1n) is 4.71. The van der Waals surface area contributed by atoms with Crippen molar-refractivity contribution in [2.75, 3.05) is 0 Å². The average Bonchev–Trinajstić information content (AvgIpc) is 2.64. The van der Waals surface area contributed by atoms with Crippen LogP contribution in [0.1, 0.15) is 5.56 Å². The molecule has 1 fully saturated rings. The van der Waals surface area contributed by atoms with E-state index in [1.54, 1.807) is 6.07 Å². The van der Waals surface area contributed by atoms with Gasteiger partial charge in [0.05, 0.1) is 15.0 Å². The first kappa shape index (κ1) is 13.1. The molecule has 0 aliphatic carbocycles. The Labute approximate surface area is 116 Å². The number of amides is 2. The summed E-state index contributed by atoms with van der Waals surface area (Å²) in [5, 5.41) is 2.19. The van der Waals surface area contributed by atoms with E-state index < -0.39 is 11.1 Å². The molecule has 0 spiro atoms. The van der Waals surface area contributed by atoms with Crippen LogP contribution in [0, 0.1) is 0 Å². The molecule has 7 heteroatoms. The Hall–Kier alpha value is -1.30. The van der Waals surface area contributed by atoms with Gasteiger partial charge < -0.3 is 0 Å². The summed E-state index contributed by atoms with van der Waals surface area (Å²) in [6, 6.07) is 4.54. The minimum absolute atomic E-state index is 0.0633. The Morgan fingerprint density at radius 2 is 1.94 bits per heavy atom. The summed E-state index contributed by atoms with van der Waals surface area (Å²) in [5.74, 6) is -0.585. The molecule has 2 rings (SSSR count). The number of hydrogen-bond acceptors (Lipinski definition) is 4. The van der Waals surface area contributed by atoms with Crippen LogP contribution in [0.15, 0.2) is 23.1 Å². The summed E-state index contributed by atoms with van der Waals surface area (Å²) in [5.41, 5.74) is 0.550. The molecule has 1 aliphatic rings. The van der Waals surface area contributed by atoms with E-state index in [2.05, 4.69) is 5.32 Å². The maximum Gasteiger partial charge on any atom is 0.290 e. The summed E-state index contributed by atoms with van der Waals surface area (Å²) in [6.45, 7) is 0. The fourth-order valence-corrected chi connectivity index (χ4v) is 2.45. The van der Waals surface area contributed by atoms with Gasteiger partial charge in [-0.15, -0.1) is 0 Å². The molecule has 0 aromatic heterocycles. The number of nitrogens with one attached hydrogen (secondary N) is 1. The molecule has 92 valence electrons. The molecule has 1 saturated heterocycles. The number of halogens is 2. The third-order valence-electron chi connectivity index (χ3n) is 2.21. The van der Waals surface area contributed by atoms with Gasteiger partial charge >= 0.3 is 0 Å². The molecule has 0 saturated carbocycles. The Bertz CT molecular complexity index is 598. The molecular weight excluding hydrogens is 297 g/mol. The molecule has 0 bridgehead atoms. The fourth-order valence-electron chi connectivity index (χ4n) is 1.41. The molecule has 1 aliphatic heterocycles. The molecule has 4 nitrogen and oxygen atoms in total. The third-order valence-corrected chi connectivity index (χ3v) is 3.85. The van der Waals surface area contributed by atoms with Crippen LogP contribution in [0.25, 0.3) is 5.57 Å². The smallest absolute Gasteiger partial charge is 0.290 e. The molecule has 0 radical (unpaired) electrons. The van der Waals surface area contributed by atoms with Crippen molar-refractivity contribution in [3.63, 3.8) is 0 Å². The molecule has 0 unspecified atom stereocenters. The second-order valence-electron chi connectivity index (χ2n) is 3.33. The van der Waals surface area contributed by atoms with Crippen molar-refractivity contribution >= 4 is 58.0 Å². The van der Waals surface area contributed by atoms with Gasteiger partial charge in [0.25, 0.3) is 11.1 Å². The summed E-state index contributed by atoms with van der Waals surface area (Å²) >= 11 is 12.3. The van der Waals surface area contributed by atoms with Crippen LogP contribution >= 0.6 is 35.0 Å². The van der Waals surface area contributed by atoms with Crippen molar-refractivity contribution in [1.82, 2.24) is 5.32 Å². The zero-order chi connectivity index (χ0) is 13.3. The Balaban J connectivity index is 2.55. The van der Waals surface area contributed by atoms with E-state index in [1.807, 2.05) is 0 Å². The van der Waals surface area contributed by atoms with Gasteiger partial charge in [-0.1, -0.05) is 29.3 Å². The second kappa shape index (κ2) is 5.14. The number of carbonyl (C=O) groups is 3. The van der Waals surface area contributed by atoms with Crippen LogP contribution in [-0.4, -0.2) is 17.4 Å². The van der Waals surface area contributed by atoms with Gasteiger partial charge in [-0.25, -0.2) is 0 Å². The number of imide groups is 1. The highest BCUT2D eigenvalue weighted by molar-refractivity contribution is 8.18. The highest BCUT2D eigenvalue weighted by Crippen LogP contribution is 2.33. The maximum absolute atomic E-state index is 11.5. The Kier molecular flexibility index (Phi) is 3.75. The van der Waals surface area contributed by atoms with Crippen LogP contribution in [0.4, 0.5) is 4.79 Å². The first-order valence-corrected chi connectivity index (χ1v) is 6.28. The van der Waals surface area contributed by atoms with Crippen molar-refractivity contribution in [2.24, 2.45) is 0 Å². The van der Waals surface area contributed by atoms with Crippen molar-refractivity contribution in [3.05, 3.63) is 38.7 Å². The standard InChI is InChI=1S/C11H5Cl2NO3S/c12-7-2-1-5(3-8(7)13)6(4-15)9-10(16)14-11(17)18-9/h1-4H,(H,14,16,17)/b9-6-. The lowest BCUT2D eigenvalue weighted by molar-refractivity contribution is -0.115. The topological polar surface area (TPSA) is 63.2 Å². The molecule has 1 heterocycles. The highest BCUT2D eigenvalue weighted by atomic mass is 35.5. The lowest BCUT2D eigenvalue weighted by atomic mass is 10.1. The molecular formula is C11H5Cl2NO3S. The van der Waals surface area contributed by atoms with E-state index in [-0.39, 0.29) is 15.5 Å². The monoisotopic (exact) mass is 301 g/mol. The molecule has 2 amide bonds. The number of thioether (sulfide) groups is 1. The van der Waals surface area contributed by atoms with E-state index in [1.165, 1.54) is 12.1 Å².